The molecule has 2 unspecified atom stereocenters. The second-order valence-corrected chi connectivity index (χ2v) is 8.49. The number of rotatable bonds is 3. The normalized spacial score (nSPS) is 26.1. The first-order valence-corrected chi connectivity index (χ1v) is 9.60. The zero-order chi connectivity index (χ0) is 20.1. The van der Waals surface area contributed by atoms with E-state index in [-0.39, 0.29) is 33.5 Å². The van der Waals surface area contributed by atoms with Gasteiger partial charge in [-0.25, -0.2) is 17.6 Å². The van der Waals surface area contributed by atoms with Crippen LogP contribution in [0.15, 0.2) is 42.5 Å². The van der Waals surface area contributed by atoms with Crippen LogP contribution in [0, 0.1) is 28.7 Å². The van der Waals surface area contributed by atoms with Crippen LogP contribution < -0.4 is 0 Å². The first-order valence-electron chi connectivity index (χ1n) is 9.60. The lowest BCUT2D eigenvalue weighted by Gasteiger charge is -2.42. The first kappa shape index (κ1) is 22.0. The van der Waals surface area contributed by atoms with E-state index >= 15 is 0 Å². The van der Waals surface area contributed by atoms with Gasteiger partial charge in [0.2, 0.25) is 0 Å². The van der Waals surface area contributed by atoms with Crippen molar-refractivity contribution >= 4 is 22.6 Å². The van der Waals surface area contributed by atoms with Crippen molar-refractivity contribution in [1.29, 1.82) is 0 Å². The first-order chi connectivity index (χ1) is 13.2. The maximum atomic E-state index is 13.9. The van der Waals surface area contributed by atoms with Crippen molar-refractivity contribution in [3.05, 3.63) is 76.9 Å². The fourth-order valence-corrected chi connectivity index (χ4v) is 4.96. The maximum absolute atomic E-state index is 13.9. The molecule has 0 aliphatic carbocycles. The van der Waals surface area contributed by atoms with Gasteiger partial charge in [-0.2, -0.15) is 0 Å². The van der Waals surface area contributed by atoms with Crippen molar-refractivity contribution in [2.24, 2.45) is 5.41 Å². The molecule has 2 aromatic rings. The van der Waals surface area contributed by atoms with Crippen molar-refractivity contribution in [2.75, 3.05) is 7.05 Å². The Hall–Kier alpha value is -1.66. The van der Waals surface area contributed by atoms with E-state index in [1.807, 2.05) is 6.08 Å². The van der Waals surface area contributed by atoms with Crippen molar-refractivity contribution < 1.29 is 17.6 Å². The highest BCUT2D eigenvalue weighted by Crippen LogP contribution is 2.47. The number of piperidine rings is 1. The number of benzene rings is 2. The molecule has 0 amide bonds. The van der Waals surface area contributed by atoms with E-state index in [0.717, 1.165) is 37.8 Å². The Morgan fingerprint density at radius 1 is 0.828 bits per heavy atom. The zero-order valence-corrected chi connectivity index (χ0v) is 18.1. The lowest BCUT2D eigenvalue weighted by molar-refractivity contribution is 0.103. The maximum Gasteiger partial charge on any atom is 0.126 e. The molecule has 0 radical (unpaired) electrons. The molecule has 4 rings (SSSR count). The SMILES string of the molecule is Br.CN1C2CCC1CC(C)(C=C(c1cc(F)cc(F)c1)c1cc(F)cc(F)c1)C2. The van der Waals surface area contributed by atoms with Gasteiger partial charge in [0.15, 0.2) is 0 Å². The Morgan fingerprint density at radius 3 is 1.59 bits per heavy atom. The quantitative estimate of drug-likeness (QED) is 0.462. The topological polar surface area (TPSA) is 3.24 Å². The van der Waals surface area contributed by atoms with Gasteiger partial charge in [-0.05, 0) is 79.1 Å². The monoisotopic (exact) mass is 469 g/mol. The second kappa shape index (κ2) is 8.23. The van der Waals surface area contributed by atoms with Gasteiger partial charge in [0.05, 0.1) is 0 Å². The number of hydrogen-bond acceptors (Lipinski definition) is 1. The number of halogens is 5. The highest BCUT2D eigenvalue weighted by molar-refractivity contribution is 8.93. The van der Waals surface area contributed by atoms with Gasteiger partial charge in [0.1, 0.15) is 23.3 Å². The molecule has 0 saturated carbocycles. The fraction of sp³-hybridized carbons (Fsp3) is 0.391. The van der Waals surface area contributed by atoms with E-state index < -0.39 is 23.3 Å². The summed E-state index contributed by atoms with van der Waals surface area (Å²) in [5.41, 5.74) is 0.812. The molecule has 2 saturated heterocycles. The molecular weight excluding hydrogens is 446 g/mol. The molecule has 2 bridgehead atoms. The third kappa shape index (κ3) is 4.58. The average molecular weight is 470 g/mol. The van der Waals surface area contributed by atoms with Gasteiger partial charge in [-0.15, -0.1) is 17.0 Å². The third-order valence-electron chi connectivity index (χ3n) is 6.23. The minimum atomic E-state index is -0.716. The zero-order valence-electron chi connectivity index (χ0n) is 16.4. The summed E-state index contributed by atoms with van der Waals surface area (Å²) in [5.74, 6) is -2.87. The van der Waals surface area contributed by atoms with Gasteiger partial charge >= 0.3 is 0 Å². The van der Waals surface area contributed by atoms with Crippen LogP contribution in [0.5, 0.6) is 0 Å². The Morgan fingerprint density at radius 2 is 1.21 bits per heavy atom. The lowest BCUT2D eigenvalue weighted by atomic mass is 9.74. The largest absolute Gasteiger partial charge is 0.300 e. The summed E-state index contributed by atoms with van der Waals surface area (Å²) in [6, 6.07) is 7.35. The molecule has 0 aromatic heterocycles. The molecule has 2 aliphatic heterocycles. The average Bonchev–Trinajstić information content (AvgIpc) is 2.81. The van der Waals surface area contributed by atoms with Crippen molar-refractivity contribution in [2.45, 2.75) is 44.7 Å². The van der Waals surface area contributed by atoms with Gasteiger partial charge in [-0.1, -0.05) is 13.0 Å². The summed E-state index contributed by atoms with van der Waals surface area (Å²) in [4.78, 5) is 2.40. The summed E-state index contributed by atoms with van der Waals surface area (Å²) < 4.78 is 55.6. The summed E-state index contributed by atoms with van der Waals surface area (Å²) in [6.45, 7) is 2.12. The molecule has 2 atom stereocenters. The predicted molar refractivity (Wildman–Crippen MR) is 112 cm³/mol. The molecule has 2 heterocycles. The highest BCUT2D eigenvalue weighted by Gasteiger charge is 2.43. The van der Waals surface area contributed by atoms with Crippen LogP contribution in [0.4, 0.5) is 17.6 Å². The van der Waals surface area contributed by atoms with Crippen molar-refractivity contribution in [1.82, 2.24) is 4.90 Å². The van der Waals surface area contributed by atoms with E-state index in [9.17, 15) is 17.6 Å². The molecule has 0 spiro atoms. The number of hydrogen-bond donors (Lipinski definition) is 0. The molecule has 2 aromatic carbocycles. The standard InChI is InChI=1S/C23H23F4N.BrH/c1-23(11-20-3-4-21(12-23)28(20)2)13-22(14-5-16(24)9-17(25)6-14)15-7-18(26)10-19(27)8-15;/h5-10,13,20-21H,3-4,11-12H2,1-2H3;1H. The second-order valence-electron chi connectivity index (χ2n) is 8.49. The molecule has 6 heteroatoms. The van der Waals surface area contributed by atoms with Gasteiger partial charge in [0.25, 0.3) is 0 Å². The van der Waals surface area contributed by atoms with Gasteiger partial charge in [-0.3, -0.25) is 0 Å². The fourth-order valence-electron chi connectivity index (χ4n) is 4.96. The van der Waals surface area contributed by atoms with Crippen LogP contribution >= 0.6 is 17.0 Å². The lowest BCUT2D eigenvalue weighted by Crippen LogP contribution is -2.43. The van der Waals surface area contributed by atoms with Crippen LogP contribution in [0.2, 0.25) is 0 Å². The van der Waals surface area contributed by atoms with Gasteiger partial charge < -0.3 is 4.90 Å². The van der Waals surface area contributed by atoms with Crippen LogP contribution in [0.3, 0.4) is 0 Å². The smallest absolute Gasteiger partial charge is 0.126 e. The van der Waals surface area contributed by atoms with E-state index in [0.29, 0.717) is 17.7 Å². The molecule has 0 N–H and O–H groups in total. The van der Waals surface area contributed by atoms with E-state index in [4.69, 9.17) is 0 Å². The van der Waals surface area contributed by atoms with Crippen LogP contribution in [-0.2, 0) is 0 Å². The third-order valence-corrected chi connectivity index (χ3v) is 6.23. The van der Waals surface area contributed by atoms with Crippen LogP contribution in [0.25, 0.3) is 5.57 Å². The highest BCUT2D eigenvalue weighted by atomic mass is 79.9. The van der Waals surface area contributed by atoms with Crippen molar-refractivity contribution in [3.63, 3.8) is 0 Å². The van der Waals surface area contributed by atoms with E-state index in [1.54, 1.807) is 0 Å². The van der Waals surface area contributed by atoms with E-state index in [2.05, 4.69) is 18.9 Å². The minimum absolute atomic E-state index is 0. The van der Waals surface area contributed by atoms with Gasteiger partial charge in [0, 0.05) is 24.2 Å². The summed E-state index contributed by atoms with van der Waals surface area (Å²) in [5, 5.41) is 0. The molecular formula is C23H24BrF4N. The molecule has 2 fully saturated rings. The number of fused-ring (bicyclic) bond motifs is 2. The predicted octanol–water partition coefficient (Wildman–Crippen LogP) is 6.52. The van der Waals surface area contributed by atoms with Crippen molar-refractivity contribution in [3.8, 4) is 0 Å². The number of allylic oxidation sites excluding steroid dienone is 1. The molecule has 1 nitrogen and oxygen atoms in total. The number of nitrogens with zero attached hydrogens (tertiary/aromatic N) is 1. The van der Waals surface area contributed by atoms with Crippen LogP contribution in [0.1, 0.15) is 43.7 Å². The molecule has 2 aliphatic rings. The Balaban J connectivity index is 0.00000240. The summed E-state index contributed by atoms with van der Waals surface area (Å²) in [7, 11) is 2.14. The minimum Gasteiger partial charge on any atom is -0.300 e. The Kier molecular flexibility index (Phi) is 6.25. The van der Waals surface area contributed by atoms with E-state index in [1.165, 1.54) is 24.3 Å². The Bertz CT molecular complexity index is 834. The molecule has 156 valence electrons. The van der Waals surface area contributed by atoms with Crippen LogP contribution in [-0.4, -0.2) is 24.0 Å². The summed E-state index contributed by atoms with van der Waals surface area (Å²) in [6.07, 6.45) is 6.03. The molecule has 29 heavy (non-hydrogen) atoms. The summed E-state index contributed by atoms with van der Waals surface area (Å²) >= 11 is 0. The Labute approximate surface area is 179 Å².